The summed E-state index contributed by atoms with van der Waals surface area (Å²) < 4.78 is 38.9. The summed E-state index contributed by atoms with van der Waals surface area (Å²) in [5.74, 6) is -0.596. The van der Waals surface area contributed by atoms with Crippen LogP contribution in [0.3, 0.4) is 0 Å². The molecule has 27 nitrogen and oxygen atoms in total. The first-order valence-electron chi connectivity index (χ1n) is 30.2. The van der Waals surface area contributed by atoms with Gasteiger partial charge in [0.05, 0.1) is 77.7 Å². The second-order valence-corrected chi connectivity index (χ2v) is 23.7. The first-order chi connectivity index (χ1) is 42.1. The van der Waals surface area contributed by atoms with Crippen LogP contribution in [0.5, 0.6) is 17.2 Å². The van der Waals surface area contributed by atoms with Crippen LogP contribution in [0.4, 0.5) is 17.1 Å². The number of hydrogen-bond donors (Lipinski definition) is 5. The molecule has 5 N–H and O–H groups in total. The normalized spacial score (nSPS) is 16.0. The second kappa shape index (κ2) is 35.3. The molecule has 0 radical (unpaired) electrons. The van der Waals surface area contributed by atoms with Crippen LogP contribution >= 0.6 is 0 Å². The second-order valence-electron chi connectivity index (χ2n) is 23.7. The van der Waals surface area contributed by atoms with Crippen LogP contribution in [0.15, 0.2) is 54.6 Å². The lowest BCUT2D eigenvalue weighted by atomic mass is 9.67. The molecule has 492 valence electrons. The van der Waals surface area contributed by atoms with Crippen molar-refractivity contribution < 1.29 is 76.7 Å². The monoisotopic (exact) mass is 1250 g/mol. The Hall–Kier alpha value is -7.88. The number of hydrogen-bond acceptors (Lipinski definition) is 19. The Morgan fingerprint density at radius 2 is 0.876 bits per heavy atom. The third-order valence-corrected chi connectivity index (χ3v) is 15.3. The molecule has 3 aromatic rings. The van der Waals surface area contributed by atoms with Gasteiger partial charge in [-0.15, -0.1) is 0 Å². The molecule has 5 unspecified atom stereocenters. The minimum absolute atomic E-state index is 0.0493. The van der Waals surface area contributed by atoms with Crippen LogP contribution in [-0.2, 0) is 42.9 Å². The Bertz CT molecular complexity index is 2900. The highest BCUT2D eigenvalue weighted by atomic mass is 16.7. The number of rotatable bonds is 36. The SMILES string of the molecule is CCC(C)(CC(C)(CC(C)C(=O)NC(C)C)C(=O)NCCCOc1ccc([N+](=O)[O-])c(C2OCCO2)c1)C(=O)NCCCOc1ccc([N+](=O)[O-])c(C=O)c1.CCC(C)(CC(C)C(=O)NC(C)C)C(=O)NCCCOc1ccc([N+](=O)[O-])c(C2OCCO2)c1. The third-order valence-electron chi connectivity index (χ3n) is 15.3. The molecule has 5 amide bonds. The van der Waals surface area contributed by atoms with Crippen molar-refractivity contribution in [3.05, 3.63) is 102 Å². The molecule has 0 saturated carbocycles. The van der Waals surface area contributed by atoms with Crippen molar-refractivity contribution in [2.24, 2.45) is 28.1 Å². The van der Waals surface area contributed by atoms with Gasteiger partial charge in [-0.2, -0.15) is 0 Å². The van der Waals surface area contributed by atoms with Crippen LogP contribution < -0.4 is 40.8 Å². The summed E-state index contributed by atoms with van der Waals surface area (Å²) in [5.41, 5.74) is -2.83. The molecule has 0 bridgehead atoms. The summed E-state index contributed by atoms with van der Waals surface area (Å²) in [5, 5.41) is 48.5. The molecule has 2 saturated heterocycles. The van der Waals surface area contributed by atoms with E-state index in [9.17, 15) is 59.1 Å². The molecule has 0 spiro atoms. The van der Waals surface area contributed by atoms with Crippen LogP contribution in [0, 0.1) is 58.4 Å². The van der Waals surface area contributed by atoms with Gasteiger partial charge in [0.2, 0.25) is 29.5 Å². The van der Waals surface area contributed by atoms with Gasteiger partial charge < -0.3 is 59.7 Å². The van der Waals surface area contributed by atoms with Gasteiger partial charge in [0.1, 0.15) is 17.2 Å². The van der Waals surface area contributed by atoms with E-state index in [1.54, 1.807) is 26.8 Å². The molecule has 2 fully saturated rings. The average Bonchev–Trinajstić information content (AvgIpc) is 2.30. The summed E-state index contributed by atoms with van der Waals surface area (Å²) >= 11 is 0. The van der Waals surface area contributed by atoms with E-state index in [0.717, 1.165) is 0 Å². The van der Waals surface area contributed by atoms with Gasteiger partial charge in [0, 0.05) is 78.0 Å². The summed E-state index contributed by atoms with van der Waals surface area (Å²) in [6, 6.07) is 12.7. The van der Waals surface area contributed by atoms with Crippen LogP contribution in [0.25, 0.3) is 0 Å². The van der Waals surface area contributed by atoms with Crippen molar-refractivity contribution in [2.45, 2.75) is 152 Å². The van der Waals surface area contributed by atoms with Crippen LogP contribution in [-0.4, -0.2) is 129 Å². The van der Waals surface area contributed by atoms with E-state index in [1.165, 1.54) is 48.5 Å². The summed E-state index contributed by atoms with van der Waals surface area (Å²) in [6.45, 7) is 23.3. The van der Waals surface area contributed by atoms with E-state index in [0.29, 0.717) is 101 Å². The van der Waals surface area contributed by atoms with Gasteiger partial charge >= 0.3 is 0 Å². The van der Waals surface area contributed by atoms with Gasteiger partial charge in [-0.25, -0.2) is 0 Å². The first-order valence-corrected chi connectivity index (χ1v) is 30.2. The van der Waals surface area contributed by atoms with E-state index < -0.39 is 49.5 Å². The van der Waals surface area contributed by atoms with E-state index in [4.69, 9.17) is 33.2 Å². The van der Waals surface area contributed by atoms with Crippen molar-refractivity contribution in [3.8, 4) is 17.2 Å². The van der Waals surface area contributed by atoms with E-state index in [-0.39, 0.29) is 121 Å². The molecule has 2 aliphatic heterocycles. The standard InChI is InChI=1S/C38H53N5O12.C24H37N3O7/c1-7-37(5,35(46)39-14-8-16-52-28-10-12-31(42(48)49)27(20-28)23-44)24-38(6,22-26(4)33(45)41-25(2)3)36(47)40-15-9-17-53-29-11-13-32(43(50)51)30(21-29)34-54-18-19-55-34;1-6-24(5,15-17(4)21(28)26-16(2)3)23(29)25-10-7-11-32-18-8-9-20(27(30)31)19(14-18)22-33-12-13-34-22/h10-13,20-21,23,25-26,34H,7-9,14-19,22,24H2,1-6H3,(H,39,46)(H,40,47)(H,41,45);8-9,14,16-17,22H,6-7,10-13,15H2,1-5H3,(H,25,29)(H,26,28). The van der Waals surface area contributed by atoms with E-state index >= 15 is 0 Å². The lowest BCUT2D eigenvalue weighted by Gasteiger charge is -2.38. The molecule has 5 atom stereocenters. The van der Waals surface area contributed by atoms with Gasteiger partial charge in [-0.3, -0.25) is 59.1 Å². The van der Waals surface area contributed by atoms with Crippen molar-refractivity contribution in [3.63, 3.8) is 0 Å². The number of aldehydes is 1. The number of nitrogens with one attached hydrogen (secondary N) is 5. The number of benzene rings is 3. The molecule has 0 aliphatic carbocycles. The first kappa shape index (κ1) is 73.6. The summed E-state index contributed by atoms with van der Waals surface area (Å²) in [6.07, 6.45) is 1.92. The van der Waals surface area contributed by atoms with Crippen LogP contribution in [0.2, 0.25) is 0 Å². The Balaban J connectivity index is 0.000000426. The van der Waals surface area contributed by atoms with Crippen molar-refractivity contribution in [1.82, 2.24) is 26.6 Å². The smallest absolute Gasteiger partial charge is 0.280 e. The van der Waals surface area contributed by atoms with Gasteiger partial charge in [0.15, 0.2) is 18.9 Å². The number of amides is 5. The fourth-order valence-electron chi connectivity index (χ4n) is 10.2. The summed E-state index contributed by atoms with van der Waals surface area (Å²) in [7, 11) is 0. The highest BCUT2D eigenvalue weighted by Crippen LogP contribution is 2.42. The minimum atomic E-state index is -1.12. The molecular weight excluding hydrogens is 1160 g/mol. The van der Waals surface area contributed by atoms with Gasteiger partial charge in [0.25, 0.3) is 17.1 Å². The predicted molar refractivity (Wildman–Crippen MR) is 327 cm³/mol. The Kier molecular flexibility index (Phi) is 29.2. The molecule has 27 heteroatoms. The quantitative estimate of drug-likeness (QED) is 0.0157. The predicted octanol–water partition coefficient (Wildman–Crippen LogP) is 8.69. The third kappa shape index (κ3) is 22.6. The number of carbonyl (C=O) groups is 6. The summed E-state index contributed by atoms with van der Waals surface area (Å²) in [4.78, 5) is 109. The molecule has 2 aliphatic rings. The molecule has 89 heavy (non-hydrogen) atoms. The lowest BCUT2D eigenvalue weighted by Crippen LogP contribution is -2.49. The fourth-order valence-corrected chi connectivity index (χ4v) is 10.2. The van der Waals surface area contributed by atoms with Gasteiger partial charge in [-0.1, -0.05) is 48.5 Å². The van der Waals surface area contributed by atoms with Crippen LogP contribution in [0.1, 0.15) is 162 Å². The molecule has 0 aromatic heterocycles. The number of nitro groups is 3. The molecule has 5 rings (SSSR count). The minimum Gasteiger partial charge on any atom is -0.494 e. The number of carbonyl (C=O) groups excluding carboxylic acids is 6. The largest absolute Gasteiger partial charge is 0.494 e. The molecule has 3 aromatic carbocycles. The zero-order valence-corrected chi connectivity index (χ0v) is 53.1. The highest BCUT2D eigenvalue weighted by molar-refractivity contribution is 5.87. The van der Waals surface area contributed by atoms with Crippen molar-refractivity contribution in [1.29, 1.82) is 0 Å². The van der Waals surface area contributed by atoms with Crippen molar-refractivity contribution in [2.75, 3.05) is 65.9 Å². The topological polar surface area (TPSA) is 357 Å². The maximum absolute atomic E-state index is 13.9. The fraction of sp³-hybridized carbons (Fsp3) is 0.613. The average molecular weight is 1250 g/mol. The van der Waals surface area contributed by atoms with E-state index in [1.807, 2.05) is 55.4 Å². The maximum Gasteiger partial charge on any atom is 0.280 e. The lowest BCUT2D eigenvalue weighted by molar-refractivity contribution is -0.386. The zero-order chi connectivity index (χ0) is 66.1. The maximum atomic E-state index is 13.9. The number of nitro benzene ring substituents is 3. The Labute approximate surface area is 519 Å². The zero-order valence-electron chi connectivity index (χ0n) is 53.1. The van der Waals surface area contributed by atoms with Crippen molar-refractivity contribution >= 4 is 52.9 Å². The molecular formula is C62H90N8O19. The van der Waals surface area contributed by atoms with E-state index in [2.05, 4.69) is 26.6 Å². The van der Waals surface area contributed by atoms with Gasteiger partial charge in [-0.05, 0) is 115 Å². The Morgan fingerprint density at radius 1 is 0.539 bits per heavy atom. The number of ether oxygens (including phenoxy) is 7. The Morgan fingerprint density at radius 3 is 1.22 bits per heavy atom. The highest BCUT2D eigenvalue weighted by Gasteiger charge is 2.45. The number of nitrogens with zero attached hydrogens (tertiary/aromatic N) is 3. The molecule has 2 heterocycles.